The van der Waals surface area contributed by atoms with Crippen molar-refractivity contribution in [2.24, 2.45) is 0 Å². The second-order valence-electron chi connectivity index (χ2n) is 15.1. The number of ether oxygens (including phenoxy) is 5. The van der Waals surface area contributed by atoms with Gasteiger partial charge in [0.1, 0.15) is 24.4 Å². The van der Waals surface area contributed by atoms with Gasteiger partial charge >= 0.3 is 0 Å². The highest BCUT2D eigenvalue weighted by atomic mass is 28.4. The summed E-state index contributed by atoms with van der Waals surface area (Å²) < 4.78 is 41.9. The standard InChI is InChI=1S/C48H56O6Si/c1-5-6-22-33-49-47-46(52-36-40-27-16-9-17-28-40)45(51-35-39-25-14-8-15-26-39)44(50-34-38-23-12-7-13-24-38)43(54-47)37-53-55(48(2,3)4,41-29-18-10-19-30-41)42-31-20-11-21-32-42/h5,7-21,23-32,43-47H,1,6,22,33-37H2,2-4H3/t43-,44-,45+,46-,47-/m1/s1. The van der Waals surface area contributed by atoms with E-state index in [9.17, 15) is 0 Å². The lowest BCUT2D eigenvalue weighted by molar-refractivity contribution is -0.326. The van der Waals surface area contributed by atoms with Gasteiger partial charge in [0.2, 0.25) is 0 Å². The molecule has 288 valence electrons. The van der Waals surface area contributed by atoms with Crippen molar-refractivity contribution in [2.45, 2.75) is 89.2 Å². The van der Waals surface area contributed by atoms with Gasteiger partial charge < -0.3 is 28.1 Å². The maximum atomic E-state index is 7.52. The smallest absolute Gasteiger partial charge is 0.261 e. The van der Waals surface area contributed by atoms with Crippen LogP contribution in [0, 0.1) is 0 Å². The van der Waals surface area contributed by atoms with Gasteiger partial charge in [0, 0.05) is 0 Å². The zero-order chi connectivity index (χ0) is 38.4. The monoisotopic (exact) mass is 756 g/mol. The first-order chi connectivity index (χ1) is 26.9. The van der Waals surface area contributed by atoms with Crippen molar-refractivity contribution < 1.29 is 28.1 Å². The van der Waals surface area contributed by atoms with Crippen molar-refractivity contribution in [3.63, 3.8) is 0 Å². The van der Waals surface area contributed by atoms with E-state index in [0.29, 0.717) is 26.4 Å². The van der Waals surface area contributed by atoms with Gasteiger partial charge in [0.05, 0.1) is 33.0 Å². The Morgan fingerprint density at radius 1 is 0.564 bits per heavy atom. The molecule has 1 fully saturated rings. The van der Waals surface area contributed by atoms with E-state index in [4.69, 9.17) is 28.1 Å². The number of rotatable bonds is 19. The zero-order valence-electron chi connectivity index (χ0n) is 32.5. The average molecular weight is 757 g/mol. The number of hydrogen-bond acceptors (Lipinski definition) is 6. The minimum absolute atomic E-state index is 0.226. The summed E-state index contributed by atoms with van der Waals surface area (Å²) in [5.41, 5.74) is 3.16. The Morgan fingerprint density at radius 3 is 1.42 bits per heavy atom. The van der Waals surface area contributed by atoms with Gasteiger partial charge in [0.15, 0.2) is 6.29 Å². The summed E-state index contributed by atoms with van der Waals surface area (Å²) in [4.78, 5) is 0. The second kappa shape index (κ2) is 20.1. The van der Waals surface area contributed by atoms with E-state index in [2.05, 4.69) is 124 Å². The van der Waals surface area contributed by atoms with Crippen molar-refractivity contribution in [1.82, 2.24) is 0 Å². The van der Waals surface area contributed by atoms with Crippen molar-refractivity contribution in [3.8, 4) is 0 Å². The zero-order valence-corrected chi connectivity index (χ0v) is 33.5. The maximum absolute atomic E-state index is 7.52. The summed E-state index contributed by atoms with van der Waals surface area (Å²) in [6.45, 7) is 12.6. The molecule has 0 unspecified atom stereocenters. The molecule has 0 radical (unpaired) electrons. The molecule has 5 aromatic carbocycles. The molecule has 0 aromatic heterocycles. The third-order valence-electron chi connectivity index (χ3n) is 10.2. The summed E-state index contributed by atoms with van der Waals surface area (Å²) in [6, 6.07) is 52.0. The van der Waals surface area contributed by atoms with Gasteiger partial charge in [-0.25, -0.2) is 0 Å². The summed E-state index contributed by atoms with van der Waals surface area (Å²) in [5.74, 6) is 0. The van der Waals surface area contributed by atoms with Crippen LogP contribution in [0.15, 0.2) is 164 Å². The van der Waals surface area contributed by atoms with E-state index < -0.39 is 39.0 Å². The fourth-order valence-corrected chi connectivity index (χ4v) is 12.0. The van der Waals surface area contributed by atoms with Crippen molar-refractivity contribution in [1.29, 1.82) is 0 Å². The van der Waals surface area contributed by atoms with Crippen LogP contribution >= 0.6 is 0 Å². The molecule has 1 aliphatic rings. The highest BCUT2D eigenvalue weighted by Gasteiger charge is 2.53. The van der Waals surface area contributed by atoms with Crippen molar-refractivity contribution >= 4 is 18.7 Å². The first-order valence-electron chi connectivity index (χ1n) is 19.5. The minimum Gasteiger partial charge on any atom is -0.405 e. The molecule has 1 saturated heterocycles. The summed E-state index contributed by atoms with van der Waals surface area (Å²) in [7, 11) is -2.94. The molecule has 5 aromatic rings. The Labute approximate surface area is 329 Å². The summed E-state index contributed by atoms with van der Waals surface area (Å²) in [6.07, 6.45) is 0.549. The topological polar surface area (TPSA) is 55.4 Å². The predicted octanol–water partition coefficient (Wildman–Crippen LogP) is 9.03. The molecule has 1 heterocycles. The van der Waals surface area contributed by atoms with Crippen molar-refractivity contribution in [3.05, 3.63) is 181 Å². The molecule has 0 bridgehead atoms. The molecule has 0 N–H and O–H groups in total. The number of hydrogen-bond donors (Lipinski definition) is 0. The lowest BCUT2D eigenvalue weighted by Crippen LogP contribution is -2.68. The van der Waals surface area contributed by atoms with Crippen LogP contribution in [-0.2, 0) is 47.9 Å². The molecule has 1 aliphatic heterocycles. The Hall–Kier alpha value is -4.18. The van der Waals surface area contributed by atoms with Gasteiger partial charge in [0.25, 0.3) is 8.32 Å². The molecule has 0 amide bonds. The number of benzene rings is 5. The van der Waals surface area contributed by atoms with Gasteiger partial charge in [-0.2, -0.15) is 0 Å². The highest BCUT2D eigenvalue weighted by molar-refractivity contribution is 6.99. The van der Waals surface area contributed by atoms with Crippen LogP contribution in [0.1, 0.15) is 50.3 Å². The Bertz CT molecular complexity index is 1780. The van der Waals surface area contributed by atoms with Gasteiger partial charge in [-0.1, -0.05) is 179 Å². The van der Waals surface area contributed by atoms with E-state index in [1.165, 1.54) is 10.4 Å². The van der Waals surface area contributed by atoms with Crippen LogP contribution in [-0.4, -0.2) is 52.2 Å². The fraction of sp³-hybridized carbons (Fsp3) is 0.333. The lowest BCUT2D eigenvalue weighted by Gasteiger charge is -2.48. The number of allylic oxidation sites excluding steroid dienone is 1. The molecule has 6 nitrogen and oxygen atoms in total. The molecule has 6 rings (SSSR count). The van der Waals surface area contributed by atoms with Gasteiger partial charge in [-0.15, -0.1) is 6.58 Å². The maximum Gasteiger partial charge on any atom is 0.261 e. The third-order valence-corrected chi connectivity index (χ3v) is 15.2. The number of unbranched alkanes of at least 4 members (excludes halogenated alkanes) is 1. The lowest BCUT2D eigenvalue weighted by atomic mass is 9.98. The predicted molar refractivity (Wildman–Crippen MR) is 223 cm³/mol. The fourth-order valence-electron chi connectivity index (χ4n) is 7.41. The van der Waals surface area contributed by atoms with Crippen LogP contribution in [0.5, 0.6) is 0 Å². The van der Waals surface area contributed by atoms with E-state index in [0.717, 1.165) is 29.5 Å². The van der Waals surface area contributed by atoms with Crippen LogP contribution in [0.3, 0.4) is 0 Å². The van der Waals surface area contributed by atoms with Crippen LogP contribution in [0.25, 0.3) is 0 Å². The van der Waals surface area contributed by atoms with E-state index in [1.807, 2.05) is 60.7 Å². The van der Waals surface area contributed by atoms with E-state index in [1.54, 1.807) is 0 Å². The largest absolute Gasteiger partial charge is 0.405 e. The highest BCUT2D eigenvalue weighted by Crippen LogP contribution is 2.38. The van der Waals surface area contributed by atoms with Gasteiger partial charge in [-0.05, 0) is 44.9 Å². The Balaban J connectivity index is 1.40. The van der Waals surface area contributed by atoms with Crippen LogP contribution in [0.2, 0.25) is 5.04 Å². The molecule has 0 aliphatic carbocycles. The molecule has 0 spiro atoms. The van der Waals surface area contributed by atoms with E-state index in [-0.39, 0.29) is 11.6 Å². The SMILES string of the molecule is C=CCCCO[C@@H]1O[C@H](CO[Si](c2ccccc2)(c2ccccc2)C(C)(C)C)[C@@H](OCc2ccccc2)[C@H](OCc2ccccc2)[C@H]1OCc1ccccc1. The molecule has 7 heteroatoms. The second-order valence-corrected chi connectivity index (χ2v) is 19.4. The third kappa shape index (κ3) is 10.6. The van der Waals surface area contributed by atoms with Crippen LogP contribution in [0.4, 0.5) is 0 Å². The quantitative estimate of drug-likeness (QED) is 0.0477. The molecule has 5 atom stereocenters. The van der Waals surface area contributed by atoms with Crippen LogP contribution < -0.4 is 10.4 Å². The first kappa shape index (κ1) is 40.5. The molecule has 55 heavy (non-hydrogen) atoms. The Morgan fingerprint density at radius 2 is 0.982 bits per heavy atom. The average Bonchev–Trinajstić information content (AvgIpc) is 3.22. The van der Waals surface area contributed by atoms with Crippen molar-refractivity contribution in [2.75, 3.05) is 13.2 Å². The first-order valence-corrected chi connectivity index (χ1v) is 21.4. The van der Waals surface area contributed by atoms with E-state index >= 15 is 0 Å². The summed E-state index contributed by atoms with van der Waals surface area (Å²) in [5, 5.41) is 2.17. The molecule has 0 saturated carbocycles. The molecular weight excluding hydrogens is 701 g/mol. The summed E-state index contributed by atoms with van der Waals surface area (Å²) >= 11 is 0. The minimum atomic E-state index is -2.94. The normalized spacial score (nSPS) is 20.2. The Kier molecular flexibility index (Phi) is 14.8. The molecular formula is C48H56O6Si. The van der Waals surface area contributed by atoms with Gasteiger partial charge in [-0.3, -0.25) is 0 Å².